The molecule has 0 saturated carbocycles. The number of benzene rings is 1. The SMILES string of the molecule is Cc1nn(C2CCONO2)c2cccc(CN3CCCCC3)c12. The van der Waals surface area contributed by atoms with Gasteiger partial charge in [-0.15, -0.1) is 0 Å². The van der Waals surface area contributed by atoms with Gasteiger partial charge in [0.15, 0.2) is 6.23 Å². The quantitative estimate of drug-likeness (QED) is 0.943. The van der Waals surface area contributed by atoms with Crippen LogP contribution in [0.25, 0.3) is 10.9 Å². The molecule has 2 aliphatic heterocycles. The third-order valence-corrected chi connectivity index (χ3v) is 4.82. The largest absolute Gasteiger partial charge is 0.299 e. The van der Waals surface area contributed by atoms with Crippen molar-refractivity contribution < 1.29 is 9.68 Å². The zero-order chi connectivity index (χ0) is 15.6. The van der Waals surface area contributed by atoms with Gasteiger partial charge in [0.25, 0.3) is 0 Å². The van der Waals surface area contributed by atoms with E-state index in [1.807, 2.05) is 4.68 Å². The first kappa shape index (κ1) is 15.1. The Kier molecular flexibility index (Phi) is 4.31. The molecule has 1 atom stereocenters. The van der Waals surface area contributed by atoms with Gasteiger partial charge in [-0.05, 0) is 44.5 Å². The Morgan fingerprint density at radius 3 is 2.91 bits per heavy atom. The molecule has 6 heteroatoms. The Hall–Kier alpha value is -1.47. The van der Waals surface area contributed by atoms with Gasteiger partial charge in [-0.3, -0.25) is 9.74 Å². The van der Waals surface area contributed by atoms with Crippen molar-refractivity contribution in [2.45, 2.75) is 45.4 Å². The van der Waals surface area contributed by atoms with Crippen LogP contribution in [-0.4, -0.2) is 34.4 Å². The van der Waals surface area contributed by atoms with Crippen molar-refractivity contribution in [3.63, 3.8) is 0 Å². The van der Waals surface area contributed by atoms with Crippen molar-refractivity contribution in [2.24, 2.45) is 0 Å². The number of hydrogen-bond donors (Lipinski definition) is 1. The number of hydrogen-bond acceptors (Lipinski definition) is 5. The number of piperidine rings is 1. The van der Waals surface area contributed by atoms with Gasteiger partial charge in [-0.1, -0.05) is 24.2 Å². The first-order valence-corrected chi connectivity index (χ1v) is 8.54. The van der Waals surface area contributed by atoms with Crippen molar-refractivity contribution in [3.8, 4) is 0 Å². The summed E-state index contributed by atoms with van der Waals surface area (Å²) in [5.41, 5.74) is 6.10. The fraction of sp³-hybridized carbons (Fsp3) is 0.588. The summed E-state index contributed by atoms with van der Waals surface area (Å²) in [5.74, 6) is 0. The molecule has 0 bridgehead atoms. The maximum atomic E-state index is 5.49. The van der Waals surface area contributed by atoms with E-state index in [4.69, 9.17) is 14.8 Å². The van der Waals surface area contributed by atoms with Crippen molar-refractivity contribution in [1.29, 1.82) is 0 Å². The Balaban J connectivity index is 1.67. The van der Waals surface area contributed by atoms with E-state index < -0.39 is 0 Å². The van der Waals surface area contributed by atoms with E-state index in [2.05, 4.69) is 35.7 Å². The lowest BCUT2D eigenvalue weighted by Crippen LogP contribution is -2.31. The molecule has 0 radical (unpaired) electrons. The predicted octanol–water partition coefficient (Wildman–Crippen LogP) is 2.69. The summed E-state index contributed by atoms with van der Waals surface area (Å²) in [7, 11) is 0. The second-order valence-electron chi connectivity index (χ2n) is 6.47. The van der Waals surface area contributed by atoms with Crippen LogP contribution in [0, 0.1) is 6.92 Å². The number of likely N-dealkylation sites (tertiary alicyclic amines) is 1. The molecule has 0 amide bonds. The summed E-state index contributed by atoms with van der Waals surface area (Å²) in [6.45, 7) is 6.13. The predicted molar refractivity (Wildman–Crippen MR) is 87.4 cm³/mol. The minimum Gasteiger partial charge on any atom is -0.299 e. The molecule has 0 spiro atoms. The van der Waals surface area contributed by atoms with Gasteiger partial charge in [0.05, 0.1) is 17.8 Å². The molecule has 2 aromatic rings. The minimum atomic E-state index is -0.120. The fourth-order valence-corrected chi connectivity index (χ4v) is 3.69. The fourth-order valence-electron chi connectivity index (χ4n) is 3.69. The highest BCUT2D eigenvalue weighted by molar-refractivity contribution is 5.85. The summed E-state index contributed by atoms with van der Waals surface area (Å²) in [6.07, 6.45) is 4.67. The third kappa shape index (κ3) is 2.99. The second-order valence-corrected chi connectivity index (χ2v) is 6.47. The highest BCUT2D eigenvalue weighted by Gasteiger charge is 2.22. The van der Waals surface area contributed by atoms with Gasteiger partial charge in [0.2, 0.25) is 0 Å². The molecule has 1 N–H and O–H groups in total. The summed E-state index contributed by atoms with van der Waals surface area (Å²) < 4.78 is 1.99. The molecule has 1 aromatic heterocycles. The van der Waals surface area contributed by atoms with E-state index in [0.29, 0.717) is 6.61 Å². The number of fused-ring (bicyclic) bond motifs is 1. The van der Waals surface area contributed by atoms with Crippen LogP contribution >= 0.6 is 0 Å². The Labute approximate surface area is 136 Å². The van der Waals surface area contributed by atoms with Crippen LogP contribution in [0.3, 0.4) is 0 Å². The smallest absolute Gasteiger partial charge is 0.176 e. The first-order chi connectivity index (χ1) is 11.3. The number of nitrogens with zero attached hydrogens (tertiary/aromatic N) is 3. The second kappa shape index (κ2) is 6.57. The first-order valence-electron chi connectivity index (χ1n) is 8.54. The van der Waals surface area contributed by atoms with E-state index in [9.17, 15) is 0 Å². The topological polar surface area (TPSA) is 51.6 Å². The number of aryl methyl sites for hydroxylation is 1. The van der Waals surface area contributed by atoms with Gasteiger partial charge >= 0.3 is 0 Å². The average molecular weight is 316 g/mol. The summed E-state index contributed by atoms with van der Waals surface area (Å²) in [6, 6.07) is 6.50. The molecular weight excluding hydrogens is 292 g/mol. The molecule has 2 saturated heterocycles. The molecule has 0 aliphatic carbocycles. The van der Waals surface area contributed by atoms with Crippen LogP contribution in [0.1, 0.15) is 43.2 Å². The van der Waals surface area contributed by atoms with Crippen LogP contribution in [0.5, 0.6) is 0 Å². The Morgan fingerprint density at radius 1 is 1.26 bits per heavy atom. The monoisotopic (exact) mass is 316 g/mol. The van der Waals surface area contributed by atoms with Gasteiger partial charge < -0.3 is 0 Å². The van der Waals surface area contributed by atoms with Gasteiger partial charge in [-0.25, -0.2) is 9.52 Å². The molecule has 1 aromatic carbocycles. The Bertz CT molecular complexity index is 673. The molecule has 6 nitrogen and oxygen atoms in total. The van der Waals surface area contributed by atoms with Crippen molar-refractivity contribution in [1.82, 2.24) is 20.3 Å². The number of nitrogens with one attached hydrogen (secondary N) is 1. The molecule has 2 fully saturated rings. The van der Waals surface area contributed by atoms with Gasteiger partial charge in [-0.2, -0.15) is 5.10 Å². The number of aromatic nitrogens is 2. The van der Waals surface area contributed by atoms with E-state index in [0.717, 1.165) is 24.2 Å². The summed E-state index contributed by atoms with van der Waals surface area (Å²) in [4.78, 5) is 13.1. The minimum absolute atomic E-state index is 0.120. The average Bonchev–Trinajstić information content (AvgIpc) is 2.95. The maximum absolute atomic E-state index is 5.49. The van der Waals surface area contributed by atoms with Gasteiger partial charge in [0, 0.05) is 18.4 Å². The highest BCUT2D eigenvalue weighted by Crippen LogP contribution is 2.28. The molecule has 3 heterocycles. The van der Waals surface area contributed by atoms with Crippen molar-refractivity contribution >= 4 is 10.9 Å². The third-order valence-electron chi connectivity index (χ3n) is 4.82. The molecular formula is C17H24N4O2. The van der Waals surface area contributed by atoms with Crippen LogP contribution in [0.2, 0.25) is 0 Å². The zero-order valence-electron chi connectivity index (χ0n) is 13.6. The van der Waals surface area contributed by atoms with Crippen LogP contribution in [-0.2, 0) is 16.2 Å². The summed E-state index contributed by atoms with van der Waals surface area (Å²) in [5, 5.41) is 6.02. The molecule has 23 heavy (non-hydrogen) atoms. The van der Waals surface area contributed by atoms with Crippen LogP contribution in [0.15, 0.2) is 18.2 Å². The van der Waals surface area contributed by atoms with Crippen molar-refractivity contribution in [3.05, 3.63) is 29.5 Å². The lowest BCUT2D eigenvalue weighted by atomic mass is 10.1. The lowest BCUT2D eigenvalue weighted by molar-refractivity contribution is -0.261. The maximum Gasteiger partial charge on any atom is 0.176 e. The highest BCUT2D eigenvalue weighted by atomic mass is 16.9. The molecule has 4 rings (SSSR count). The molecule has 124 valence electrons. The summed E-state index contributed by atoms with van der Waals surface area (Å²) >= 11 is 0. The Morgan fingerprint density at radius 2 is 2.13 bits per heavy atom. The standard InChI is InChI=1S/C17H24N4O2/c1-13-17-14(12-20-9-3-2-4-10-20)6-5-7-15(17)21(18-13)16-8-11-22-19-23-16/h5-7,16,19H,2-4,8-12H2,1H3. The van der Waals surface area contributed by atoms with E-state index in [-0.39, 0.29) is 6.23 Å². The molecule has 2 aliphatic rings. The van der Waals surface area contributed by atoms with Crippen LogP contribution < -0.4 is 5.64 Å². The molecule has 1 unspecified atom stereocenters. The normalized spacial score (nSPS) is 23.4. The van der Waals surface area contributed by atoms with E-state index >= 15 is 0 Å². The lowest BCUT2D eigenvalue weighted by Gasteiger charge is -2.26. The van der Waals surface area contributed by atoms with E-state index in [1.165, 1.54) is 43.3 Å². The van der Waals surface area contributed by atoms with Crippen LogP contribution in [0.4, 0.5) is 0 Å². The van der Waals surface area contributed by atoms with E-state index in [1.54, 1.807) is 0 Å². The number of rotatable bonds is 3. The van der Waals surface area contributed by atoms with Gasteiger partial charge in [0.1, 0.15) is 0 Å². The van der Waals surface area contributed by atoms with Crippen molar-refractivity contribution in [2.75, 3.05) is 19.7 Å². The zero-order valence-corrected chi connectivity index (χ0v) is 13.6.